The minimum Gasteiger partial charge on any atom is -0.376 e. The summed E-state index contributed by atoms with van der Waals surface area (Å²) >= 11 is 3.58. The van der Waals surface area contributed by atoms with Gasteiger partial charge in [0.1, 0.15) is 0 Å². The summed E-state index contributed by atoms with van der Waals surface area (Å²) in [5, 5.41) is 7.82. The van der Waals surface area contributed by atoms with Crippen LogP contribution >= 0.6 is 15.9 Å². The maximum absolute atomic E-state index is 5.91. The van der Waals surface area contributed by atoms with Gasteiger partial charge in [0.2, 0.25) is 0 Å². The molecule has 104 valence electrons. The summed E-state index contributed by atoms with van der Waals surface area (Å²) in [6.07, 6.45) is 4.19. The molecule has 1 N–H and O–H groups in total. The molecule has 0 amide bonds. The summed E-state index contributed by atoms with van der Waals surface area (Å²) < 4.78 is 8.86. The van der Waals surface area contributed by atoms with Gasteiger partial charge in [0, 0.05) is 13.7 Å². The van der Waals surface area contributed by atoms with Gasteiger partial charge in [-0.1, -0.05) is 20.3 Å². The highest BCUT2D eigenvalue weighted by Crippen LogP contribution is 2.28. The quantitative estimate of drug-likeness (QED) is 0.801. The minimum atomic E-state index is 0.178. The molecule has 0 aromatic carbocycles. The SMILES string of the molecule is CCCC(OCC)C(NCC)c1c(Br)cnn1C. The lowest BCUT2D eigenvalue weighted by atomic mass is 10.0. The van der Waals surface area contributed by atoms with E-state index in [9.17, 15) is 0 Å². The number of ether oxygens (including phenoxy) is 1. The Hall–Kier alpha value is -0.390. The molecule has 0 radical (unpaired) electrons. The zero-order valence-electron chi connectivity index (χ0n) is 11.7. The van der Waals surface area contributed by atoms with E-state index in [0.29, 0.717) is 0 Å². The highest BCUT2D eigenvalue weighted by atomic mass is 79.9. The van der Waals surface area contributed by atoms with Crippen molar-refractivity contribution in [2.24, 2.45) is 7.05 Å². The first-order valence-electron chi connectivity index (χ1n) is 6.67. The van der Waals surface area contributed by atoms with Crippen molar-refractivity contribution in [2.75, 3.05) is 13.2 Å². The molecule has 2 atom stereocenters. The number of hydrogen-bond acceptors (Lipinski definition) is 3. The average molecular weight is 318 g/mol. The van der Waals surface area contributed by atoms with Gasteiger partial charge < -0.3 is 10.1 Å². The van der Waals surface area contributed by atoms with Gasteiger partial charge in [-0.15, -0.1) is 0 Å². The summed E-state index contributed by atoms with van der Waals surface area (Å²) in [5.41, 5.74) is 1.16. The smallest absolute Gasteiger partial charge is 0.0785 e. The van der Waals surface area contributed by atoms with Crippen LogP contribution in [-0.4, -0.2) is 29.0 Å². The third kappa shape index (κ3) is 3.80. The lowest BCUT2D eigenvalue weighted by Gasteiger charge is -2.28. The highest BCUT2D eigenvalue weighted by Gasteiger charge is 2.26. The van der Waals surface area contributed by atoms with Crippen molar-refractivity contribution in [3.63, 3.8) is 0 Å². The standard InChI is InChI=1S/C13H24BrN3O/c1-5-8-11(18-7-3)12(15-6-2)13-10(14)9-16-17(13)4/h9,11-12,15H,5-8H2,1-4H3. The zero-order valence-corrected chi connectivity index (χ0v) is 13.3. The molecule has 0 aliphatic rings. The number of hydrogen-bond donors (Lipinski definition) is 1. The van der Waals surface area contributed by atoms with Crippen LogP contribution in [0.4, 0.5) is 0 Å². The fourth-order valence-corrected chi connectivity index (χ4v) is 2.83. The summed E-state index contributed by atoms with van der Waals surface area (Å²) in [5.74, 6) is 0. The first kappa shape index (κ1) is 15.7. The van der Waals surface area contributed by atoms with Crippen molar-refractivity contribution in [3.8, 4) is 0 Å². The Morgan fingerprint density at radius 2 is 2.17 bits per heavy atom. The topological polar surface area (TPSA) is 39.1 Å². The lowest BCUT2D eigenvalue weighted by Crippen LogP contribution is -2.35. The molecule has 2 unspecified atom stereocenters. The molecule has 0 fully saturated rings. The van der Waals surface area contributed by atoms with Crippen LogP contribution < -0.4 is 5.32 Å². The van der Waals surface area contributed by atoms with Crippen LogP contribution in [0.3, 0.4) is 0 Å². The largest absolute Gasteiger partial charge is 0.376 e. The first-order chi connectivity index (χ1) is 8.65. The molecule has 0 spiro atoms. The normalized spacial score (nSPS) is 14.7. The molecule has 1 rings (SSSR count). The number of nitrogens with one attached hydrogen (secondary N) is 1. The van der Waals surface area contributed by atoms with Crippen molar-refractivity contribution in [1.29, 1.82) is 0 Å². The number of aryl methyl sites for hydroxylation is 1. The lowest BCUT2D eigenvalue weighted by molar-refractivity contribution is 0.0258. The molecule has 0 saturated carbocycles. The molecule has 1 aromatic rings. The Morgan fingerprint density at radius 1 is 1.44 bits per heavy atom. The van der Waals surface area contributed by atoms with Gasteiger partial charge >= 0.3 is 0 Å². The van der Waals surface area contributed by atoms with Gasteiger partial charge in [-0.2, -0.15) is 5.10 Å². The molecular weight excluding hydrogens is 294 g/mol. The van der Waals surface area contributed by atoms with E-state index in [0.717, 1.165) is 36.2 Å². The molecule has 4 nitrogen and oxygen atoms in total. The van der Waals surface area contributed by atoms with Crippen LogP contribution in [0.1, 0.15) is 45.3 Å². The number of halogens is 1. The van der Waals surface area contributed by atoms with Crippen LogP contribution in [0.15, 0.2) is 10.7 Å². The van der Waals surface area contributed by atoms with Crippen molar-refractivity contribution in [3.05, 3.63) is 16.4 Å². The molecule has 1 heterocycles. The maximum atomic E-state index is 5.91. The van der Waals surface area contributed by atoms with Gasteiger partial charge in [-0.05, 0) is 35.8 Å². The minimum absolute atomic E-state index is 0.178. The van der Waals surface area contributed by atoms with Gasteiger partial charge in [-0.25, -0.2) is 0 Å². The molecule has 18 heavy (non-hydrogen) atoms. The van der Waals surface area contributed by atoms with Crippen LogP contribution in [0, 0.1) is 0 Å². The van der Waals surface area contributed by atoms with Gasteiger partial charge in [-0.3, -0.25) is 4.68 Å². The average Bonchev–Trinajstić information content (AvgIpc) is 2.66. The number of likely N-dealkylation sites (N-methyl/N-ethyl adjacent to an activating group) is 1. The van der Waals surface area contributed by atoms with Gasteiger partial charge in [0.05, 0.1) is 28.5 Å². The Labute approximate surface area is 118 Å². The molecule has 5 heteroatoms. The van der Waals surface area contributed by atoms with E-state index in [1.165, 1.54) is 0 Å². The van der Waals surface area contributed by atoms with Crippen LogP contribution in [0.2, 0.25) is 0 Å². The molecule has 0 saturated heterocycles. The highest BCUT2D eigenvalue weighted by molar-refractivity contribution is 9.10. The van der Waals surface area contributed by atoms with Gasteiger partial charge in [0.25, 0.3) is 0 Å². The van der Waals surface area contributed by atoms with E-state index >= 15 is 0 Å². The predicted octanol–water partition coefficient (Wildman–Crippen LogP) is 3.04. The summed E-state index contributed by atoms with van der Waals surface area (Å²) in [4.78, 5) is 0. The fraction of sp³-hybridized carbons (Fsp3) is 0.769. The first-order valence-corrected chi connectivity index (χ1v) is 7.47. The van der Waals surface area contributed by atoms with Crippen LogP contribution in [-0.2, 0) is 11.8 Å². The second kappa shape index (κ2) is 7.92. The van der Waals surface area contributed by atoms with Crippen molar-refractivity contribution in [2.45, 2.75) is 45.8 Å². The third-order valence-electron chi connectivity index (χ3n) is 2.98. The summed E-state index contributed by atoms with van der Waals surface area (Å²) in [6, 6.07) is 0.178. The number of rotatable bonds is 8. The van der Waals surface area contributed by atoms with E-state index < -0.39 is 0 Å². The number of aromatic nitrogens is 2. The summed E-state index contributed by atoms with van der Waals surface area (Å²) in [6.45, 7) is 8.00. The fourth-order valence-electron chi connectivity index (χ4n) is 2.24. The van der Waals surface area contributed by atoms with Crippen molar-refractivity contribution >= 4 is 15.9 Å². The second-order valence-electron chi connectivity index (χ2n) is 4.32. The van der Waals surface area contributed by atoms with E-state index in [1.54, 1.807) is 0 Å². The van der Waals surface area contributed by atoms with E-state index in [2.05, 4.69) is 40.2 Å². The monoisotopic (exact) mass is 317 g/mol. The molecule has 0 aliphatic heterocycles. The van der Waals surface area contributed by atoms with Crippen LogP contribution in [0.5, 0.6) is 0 Å². The molecular formula is C13H24BrN3O. The predicted molar refractivity (Wildman–Crippen MR) is 77.6 cm³/mol. The van der Waals surface area contributed by atoms with Gasteiger partial charge in [0.15, 0.2) is 0 Å². The number of nitrogens with zero attached hydrogens (tertiary/aromatic N) is 2. The maximum Gasteiger partial charge on any atom is 0.0785 e. The second-order valence-corrected chi connectivity index (χ2v) is 5.17. The Bertz CT molecular complexity index is 329. The summed E-state index contributed by atoms with van der Waals surface area (Å²) in [7, 11) is 1.97. The molecule has 0 aliphatic carbocycles. The van der Waals surface area contributed by atoms with E-state index in [4.69, 9.17) is 4.74 Å². The Kier molecular flexibility index (Phi) is 6.89. The molecule has 1 aromatic heterocycles. The zero-order chi connectivity index (χ0) is 13.5. The van der Waals surface area contributed by atoms with Crippen LogP contribution in [0.25, 0.3) is 0 Å². The Balaban J connectivity index is 2.98. The molecule has 0 bridgehead atoms. The van der Waals surface area contributed by atoms with E-state index in [1.807, 2.05) is 24.9 Å². The van der Waals surface area contributed by atoms with Crippen molar-refractivity contribution < 1.29 is 4.74 Å². The van der Waals surface area contributed by atoms with E-state index in [-0.39, 0.29) is 12.1 Å². The third-order valence-corrected chi connectivity index (χ3v) is 3.59. The van der Waals surface area contributed by atoms with Crippen molar-refractivity contribution in [1.82, 2.24) is 15.1 Å². The Morgan fingerprint density at radius 3 is 2.61 bits per heavy atom.